The molecule has 0 spiro atoms. The molecule has 3 rings (SSSR count). The van der Waals surface area contributed by atoms with Crippen molar-refractivity contribution in [1.82, 2.24) is 20.3 Å². The molecular weight excluding hydrogens is 536 g/mol. The summed E-state index contributed by atoms with van der Waals surface area (Å²) in [6, 6.07) is -1.67. The Bertz CT molecular complexity index is 1080. The molecule has 4 amide bonds. The Labute approximate surface area is 238 Å². The topological polar surface area (TPSA) is 151 Å². The average Bonchev–Trinajstić information content (AvgIpc) is 3.30. The molecule has 226 valence electrons. The van der Waals surface area contributed by atoms with Crippen molar-refractivity contribution in [2.24, 2.45) is 5.92 Å². The summed E-state index contributed by atoms with van der Waals surface area (Å²) >= 11 is 0. The summed E-state index contributed by atoms with van der Waals surface area (Å²) in [4.78, 5) is 54.6. The maximum absolute atomic E-state index is 13.7. The number of fused-ring (bicyclic) bond motifs is 2. The van der Waals surface area contributed by atoms with E-state index in [9.17, 15) is 27.6 Å². The van der Waals surface area contributed by atoms with Crippen LogP contribution in [0.25, 0.3) is 0 Å². The van der Waals surface area contributed by atoms with Gasteiger partial charge in [-0.15, -0.1) is 0 Å². The summed E-state index contributed by atoms with van der Waals surface area (Å²) in [5.74, 6) is -2.13. The molecule has 1 unspecified atom stereocenters. The zero-order valence-corrected chi connectivity index (χ0v) is 25.1. The fraction of sp³-hybridized carbons (Fsp3) is 0.786. The van der Waals surface area contributed by atoms with E-state index in [1.54, 1.807) is 27.7 Å². The van der Waals surface area contributed by atoms with E-state index in [2.05, 4.69) is 15.4 Å². The zero-order chi connectivity index (χ0) is 29.6. The maximum Gasteiger partial charge on any atom is 0.408 e. The van der Waals surface area contributed by atoms with Crippen LogP contribution in [-0.4, -0.2) is 72.7 Å². The lowest BCUT2D eigenvalue weighted by Gasteiger charge is -2.30. The number of ether oxygens (including phenoxy) is 1. The molecule has 40 heavy (non-hydrogen) atoms. The summed E-state index contributed by atoms with van der Waals surface area (Å²) in [7, 11) is -3.83. The predicted molar refractivity (Wildman–Crippen MR) is 151 cm³/mol. The van der Waals surface area contributed by atoms with Crippen LogP contribution in [0.4, 0.5) is 4.79 Å². The van der Waals surface area contributed by atoms with Crippen LogP contribution in [0.3, 0.4) is 0 Å². The van der Waals surface area contributed by atoms with Crippen LogP contribution in [0.15, 0.2) is 12.2 Å². The van der Waals surface area contributed by atoms with Gasteiger partial charge in [0.25, 0.3) is 5.91 Å². The minimum Gasteiger partial charge on any atom is -0.444 e. The quantitative estimate of drug-likeness (QED) is 0.422. The van der Waals surface area contributed by atoms with Gasteiger partial charge in [0.15, 0.2) is 0 Å². The van der Waals surface area contributed by atoms with Crippen molar-refractivity contribution in [3.05, 3.63) is 12.2 Å². The number of amides is 4. The van der Waals surface area contributed by atoms with E-state index in [0.717, 1.165) is 38.5 Å². The van der Waals surface area contributed by atoms with E-state index >= 15 is 0 Å². The van der Waals surface area contributed by atoms with Gasteiger partial charge in [0.05, 0.1) is 5.75 Å². The van der Waals surface area contributed by atoms with Crippen molar-refractivity contribution in [1.29, 1.82) is 0 Å². The molecule has 4 atom stereocenters. The first kappa shape index (κ1) is 31.9. The van der Waals surface area contributed by atoms with Gasteiger partial charge in [-0.2, -0.15) is 0 Å². The number of carbonyl (C=O) groups is 4. The molecule has 0 aromatic rings. The van der Waals surface area contributed by atoms with Gasteiger partial charge < -0.3 is 20.3 Å². The third-order valence-electron chi connectivity index (χ3n) is 7.55. The molecule has 3 N–H and O–H groups in total. The number of carbonyl (C=O) groups excluding carboxylic acids is 4. The number of hydrogen-bond acceptors (Lipinski definition) is 7. The van der Waals surface area contributed by atoms with Crippen molar-refractivity contribution >= 4 is 33.8 Å². The Balaban J connectivity index is 1.84. The molecule has 3 aliphatic rings. The molecule has 0 radical (unpaired) electrons. The van der Waals surface area contributed by atoms with Crippen LogP contribution in [-0.2, 0) is 29.1 Å². The molecule has 11 nitrogen and oxygen atoms in total. The number of sulfonamides is 1. The largest absolute Gasteiger partial charge is 0.444 e. The highest BCUT2D eigenvalue weighted by Gasteiger charge is 2.61. The molecule has 1 saturated heterocycles. The third kappa shape index (κ3) is 8.68. The first-order valence-electron chi connectivity index (χ1n) is 14.6. The molecule has 0 aromatic carbocycles. The Morgan fingerprint density at radius 2 is 1.80 bits per heavy atom. The van der Waals surface area contributed by atoms with Gasteiger partial charge in [-0.05, 0) is 65.7 Å². The third-order valence-corrected chi connectivity index (χ3v) is 8.99. The fourth-order valence-corrected chi connectivity index (χ4v) is 6.55. The second-order valence-corrected chi connectivity index (χ2v) is 14.0. The Hall–Kier alpha value is -2.63. The van der Waals surface area contributed by atoms with E-state index < -0.39 is 51.2 Å². The van der Waals surface area contributed by atoms with Crippen LogP contribution in [0, 0.1) is 5.92 Å². The summed E-state index contributed by atoms with van der Waals surface area (Å²) in [6.07, 6.45) is 10.7. The standard InChI is InChI=1S/C28H46N4O7S/c1-5-18-40(37,38)31-25(35)28-19-20(28)14-11-9-7-6-8-10-12-15-21(29-26(36)39-27(2,3)4)24(34)32-17-13-16-22(32)23(33)30-28/h11,14,20-22H,5-10,12-13,15-19H2,1-4H3,(H,29,36)(H,30,33)(H,31,35)/t20-,21?,22+,28-/m1/s1. The van der Waals surface area contributed by atoms with Gasteiger partial charge in [-0.25, -0.2) is 13.2 Å². The SMILES string of the molecule is CCCS(=O)(=O)NC(=O)[C@@]12C[C@H]1C=CCCCCCCCC(NC(=O)OC(C)(C)C)C(=O)N1CCC[C@H]1C(=O)N2. The minimum atomic E-state index is -3.83. The molecule has 1 aliphatic carbocycles. The highest BCUT2D eigenvalue weighted by atomic mass is 32.2. The zero-order valence-electron chi connectivity index (χ0n) is 24.3. The second-order valence-electron chi connectivity index (χ2n) is 12.2. The molecule has 0 bridgehead atoms. The minimum absolute atomic E-state index is 0.194. The monoisotopic (exact) mass is 582 g/mol. The van der Waals surface area contributed by atoms with E-state index in [0.29, 0.717) is 32.2 Å². The molecule has 0 aromatic heterocycles. The van der Waals surface area contributed by atoms with Gasteiger partial charge in [0.2, 0.25) is 21.8 Å². The van der Waals surface area contributed by atoms with Crippen LogP contribution >= 0.6 is 0 Å². The van der Waals surface area contributed by atoms with Gasteiger partial charge >= 0.3 is 6.09 Å². The van der Waals surface area contributed by atoms with Crippen LogP contribution < -0.4 is 15.4 Å². The van der Waals surface area contributed by atoms with Crippen LogP contribution in [0.1, 0.15) is 98.3 Å². The molecule has 2 heterocycles. The Morgan fingerprint density at radius 3 is 2.50 bits per heavy atom. The molecule has 2 aliphatic heterocycles. The van der Waals surface area contributed by atoms with Crippen LogP contribution in [0.2, 0.25) is 0 Å². The summed E-state index contributed by atoms with van der Waals surface area (Å²) < 4.78 is 32.3. The number of allylic oxidation sites excluding steroid dienone is 1. The van der Waals surface area contributed by atoms with Gasteiger partial charge in [-0.1, -0.05) is 44.8 Å². The number of hydrogen-bond donors (Lipinski definition) is 3. The van der Waals surface area contributed by atoms with Crippen molar-refractivity contribution in [2.45, 2.75) is 122 Å². The van der Waals surface area contributed by atoms with E-state index in [-0.39, 0.29) is 24.0 Å². The Kier molecular flexibility index (Phi) is 10.6. The van der Waals surface area contributed by atoms with Crippen LogP contribution in [0.5, 0.6) is 0 Å². The highest BCUT2D eigenvalue weighted by molar-refractivity contribution is 7.90. The first-order valence-corrected chi connectivity index (χ1v) is 16.3. The summed E-state index contributed by atoms with van der Waals surface area (Å²) in [5.41, 5.74) is -2.11. The van der Waals surface area contributed by atoms with Crippen molar-refractivity contribution in [3.8, 4) is 0 Å². The predicted octanol–water partition coefficient (Wildman–Crippen LogP) is 2.90. The number of rotatable bonds is 5. The maximum atomic E-state index is 13.7. The first-order chi connectivity index (χ1) is 18.8. The average molecular weight is 583 g/mol. The van der Waals surface area contributed by atoms with E-state index in [1.807, 2.05) is 12.2 Å². The Morgan fingerprint density at radius 1 is 1.10 bits per heavy atom. The van der Waals surface area contributed by atoms with Crippen molar-refractivity contribution in [3.63, 3.8) is 0 Å². The molecular formula is C28H46N4O7S. The molecule has 12 heteroatoms. The lowest BCUT2D eigenvalue weighted by molar-refractivity contribution is -0.141. The number of nitrogens with one attached hydrogen (secondary N) is 3. The van der Waals surface area contributed by atoms with Gasteiger partial charge in [0.1, 0.15) is 23.2 Å². The van der Waals surface area contributed by atoms with Crippen molar-refractivity contribution < 1.29 is 32.3 Å². The lowest BCUT2D eigenvalue weighted by atomic mass is 10.0. The lowest BCUT2D eigenvalue weighted by Crippen LogP contribution is -2.58. The smallest absolute Gasteiger partial charge is 0.408 e. The molecule has 2 fully saturated rings. The van der Waals surface area contributed by atoms with Gasteiger partial charge in [0, 0.05) is 12.5 Å². The number of alkyl carbamates (subject to hydrolysis) is 1. The number of nitrogens with zero attached hydrogens (tertiary/aromatic N) is 1. The highest BCUT2D eigenvalue weighted by Crippen LogP contribution is 2.45. The van der Waals surface area contributed by atoms with E-state index in [4.69, 9.17) is 4.74 Å². The summed E-state index contributed by atoms with van der Waals surface area (Å²) in [6.45, 7) is 7.29. The van der Waals surface area contributed by atoms with Gasteiger partial charge in [-0.3, -0.25) is 19.1 Å². The second kappa shape index (κ2) is 13.4. The summed E-state index contributed by atoms with van der Waals surface area (Å²) in [5, 5.41) is 5.55. The van der Waals surface area contributed by atoms with E-state index in [1.165, 1.54) is 4.90 Å². The molecule has 1 saturated carbocycles. The normalized spacial score (nSPS) is 28.5. The fourth-order valence-electron chi connectivity index (χ4n) is 5.45. The van der Waals surface area contributed by atoms with Crippen molar-refractivity contribution in [2.75, 3.05) is 12.3 Å².